The lowest BCUT2D eigenvalue weighted by molar-refractivity contribution is -0.180. The van der Waals surface area contributed by atoms with E-state index in [1.54, 1.807) is 0 Å². The molecule has 0 bridgehead atoms. The molecule has 3 nitrogen and oxygen atoms in total. The van der Waals surface area contributed by atoms with Crippen LogP contribution in [0.5, 0.6) is 0 Å². The standard InChI is InChI=1S/C9H10BrF4NO2/c1-2-3-15(5-6(16)4-10)8(17)9(13,14)7(11)12/h2,7H,1,3-5H2. The molecule has 0 aliphatic carbocycles. The van der Waals surface area contributed by atoms with Crippen LogP contribution in [0, 0.1) is 0 Å². The van der Waals surface area contributed by atoms with E-state index in [4.69, 9.17) is 0 Å². The van der Waals surface area contributed by atoms with Gasteiger partial charge in [-0.1, -0.05) is 22.0 Å². The van der Waals surface area contributed by atoms with Crippen LogP contribution >= 0.6 is 15.9 Å². The average Bonchev–Trinajstić information content (AvgIpc) is 2.26. The highest BCUT2D eigenvalue weighted by Gasteiger charge is 2.51. The van der Waals surface area contributed by atoms with E-state index in [2.05, 4.69) is 22.5 Å². The van der Waals surface area contributed by atoms with E-state index < -0.39 is 37.1 Å². The first-order valence-corrected chi connectivity index (χ1v) is 5.53. The Morgan fingerprint density at radius 1 is 1.41 bits per heavy atom. The molecule has 0 aliphatic heterocycles. The molecular formula is C9H10BrF4NO2. The van der Waals surface area contributed by atoms with Gasteiger partial charge in [0.2, 0.25) is 0 Å². The van der Waals surface area contributed by atoms with Crippen molar-refractivity contribution in [1.29, 1.82) is 0 Å². The number of carbonyl (C=O) groups excluding carboxylic acids is 2. The Labute approximate surface area is 104 Å². The molecule has 0 saturated heterocycles. The van der Waals surface area contributed by atoms with Crippen molar-refractivity contribution < 1.29 is 27.2 Å². The number of ketones is 1. The second-order valence-electron chi connectivity index (χ2n) is 3.07. The molecule has 0 rings (SSSR count). The molecule has 17 heavy (non-hydrogen) atoms. The predicted octanol–water partition coefficient (Wildman–Crippen LogP) is 1.87. The zero-order chi connectivity index (χ0) is 13.6. The van der Waals surface area contributed by atoms with Gasteiger partial charge in [-0.15, -0.1) is 6.58 Å². The molecule has 98 valence electrons. The molecule has 0 unspecified atom stereocenters. The van der Waals surface area contributed by atoms with Crippen molar-refractivity contribution >= 4 is 27.6 Å². The average molecular weight is 320 g/mol. The third kappa shape index (κ3) is 4.45. The summed E-state index contributed by atoms with van der Waals surface area (Å²) < 4.78 is 49.5. The Morgan fingerprint density at radius 2 is 1.94 bits per heavy atom. The topological polar surface area (TPSA) is 37.4 Å². The van der Waals surface area contributed by atoms with Gasteiger partial charge in [0.1, 0.15) is 0 Å². The summed E-state index contributed by atoms with van der Waals surface area (Å²) in [6, 6.07) is 0. The molecular weight excluding hydrogens is 310 g/mol. The van der Waals surface area contributed by atoms with Gasteiger partial charge in [0, 0.05) is 6.54 Å². The highest BCUT2D eigenvalue weighted by molar-refractivity contribution is 9.09. The van der Waals surface area contributed by atoms with Crippen LogP contribution in [0.2, 0.25) is 0 Å². The second kappa shape index (κ2) is 6.73. The van der Waals surface area contributed by atoms with Crippen LogP contribution in [-0.4, -0.2) is 47.4 Å². The SMILES string of the molecule is C=CCN(CC(=O)CBr)C(=O)C(F)(F)C(F)F. The summed E-state index contributed by atoms with van der Waals surface area (Å²) in [4.78, 5) is 22.5. The van der Waals surface area contributed by atoms with E-state index in [-0.39, 0.29) is 5.33 Å². The number of rotatable bonds is 7. The Bertz CT molecular complexity index is 309. The van der Waals surface area contributed by atoms with Crippen molar-refractivity contribution in [3.8, 4) is 0 Å². The third-order valence-electron chi connectivity index (χ3n) is 1.71. The van der Waals surface area contributed by atoms with E-state index in [1.165, 1.54) is 0 Å². The van der Waals surface area contributed by atoms with Gasteiger partial charge in [0.05, 0.1) is 11.9 Å². The van der Waals surface area contributed by atoms with Gasteiger partial charge in [-0.2, -0.15) is 8.78 Å². The van der Waals surface area contributed by atoms with Crippen LogP contribution in [0.25, 0.3) is 0 Å². The largest absolute Gasteiger partial charge is 0.383 e. The summed E-state index contributed by atoms with van der Waals surface area (Å²) in [6.07, 6.45) is -3.04. The summed E-state index contributed by atoms with van der Waals surface area (Å²) >= 11 is 2.77. The maximum Gasteiger partial charge on any atom is 0.383 e. The maximum atomic E-state index is 12.8. The number of halogens is 5. The van der Waals surface area contributed by atoms with Gasteiger partial charge < -0.3 is 4.90 Å². The lowest BCUT2D eigenvalue weighted by Gasteiger charge is -2.24. The molecule has 1 amide bonds. The number of Topliss-reactive ketones (excluding diaryl/α,β-unsaturated/α-hetero) is 1. The quantitative estimate of drug-likeness (QED) is 0.408. The summed E-state index contributed by atoms with van der Waals surface area (Å²) in [6.45, 7) is 2.12. The number of alkyl halides is 5. The molecule has 0 saturated carbocycles. The summed E-state index contributed by atoms with van der Waals surface area (Å²) in [5, 5.41) is -0.159. The van der Waals surface area contributed by atoms with E-state index >= 15 is 0 Å². The van der Waals surface area contributed by atoms with Crippen LogP contribution < -0.4 is 0 Å². The Kier molecular flexibility index (Phi) is 6.36. The van der Waals surface area contributed by atoms with Crippen molar-refractivity contribution in [3.63, 3.8) is 0 Å². The molecule has 0 aromatic heterocycles. The van der Waals surface area contributed by atoms with Crippen LogP contribution in [-0.2, 0) is 9.59 Å². The molecule has 0 heterocycles. The number of nitrogens with zero attached hydrogens (tertiary/aromatic N) is 1. The number of hydrogen-bond acceptors (Lipinski definition) is 2. The highest BCUT2D eigenvalue weighted by atomic mass is 79.9. The molecule has 0 spiro atoms. The van der Waals surface area contributed by atoms with Crippen molar-refractivity contribution in [2.75, 3.05) is 18.4 Å². The minimum atomic E-state index is -4.80. The molecule has 0 aromatic rings. The third-order valence-corrected chi connectivity index (χ3v) is 2.34. The molecule has 0 radical (unpaired) electrons. The molecule has 0 fully saturated rings. The van der Waals surface area contributed by atoms with Crippen molar-refractivity contribution in [3.05, 3.63) is 12.7 Å². The van der Waals surface area contributed by atoms with Gasteiger partial charge in [0.15, 0.2) is 5.78 Å². The van der Waals surface area contributed by atoms with Crippen molar-refractivity contribution in [2.24, 2.45) is 0 Å². The first kappa shape index (κ1) is 16.1. The van der Waals surface area contributed by atoms with Gasteiger partial charge in [-0.05, 0) is 0 Å². The lowest BCUT2D eigenvalue weighted by Crippen LogP contribution is -2.49. The fraction of sp³-hybridized carbons (Fsp3) is 0.556. The predicted molar refractivity (Wildman–Crippen MR) is 56.5 cm³/mol. The van der Waals surface area contributed by atoms with Crippen LogP contribution in [0.1, 0.15) is 0 Å². The Hall–Kier alpha value is -0.920. The molecule has 0 aliphatic rings. The van der Waals surface area contributed by atoms with Gasteiger partial charge in [0.25, 0.3) is 5.91 Å². The van der Waals surface area contributed by atoms with Gasteiger partial charge >= 0.3 is 12.3 Å². The van der Waals surface area contributed by atoms with E-state index in [9.17, 15) is 27.2 Å². The number of amides is 1. The number of hydrogen-bond donors (Lipinski definition) is 0. The fourth-order valence-corrected chi connectivity index (χ4v) is 1.11. The molecule has 0 atom stereocenters. The van der Waals surface area contributed by atoms with Crippen molar-refractivity contribution in [1.82, 2.24) is 4.90 Å². The van der Waals surface area contributed by atoms with Crippen molar-refractivity contribution in [2.45, 2.75) is 12.3 Å². The lowest BCUT2D eigenvalue weighted by atomic mass is 10.2. The summed E-state index contributed by atoms with van der Waals surface area (Å²) in [7, 11) is 0. The molecule has 0 N–H and O–H groups in total. The van der Waals surface area contributed by atoms with Gasteiger partial charge in [-0.25, -0.2) is 8.78 Å². The van der Waals surface area contributed by atoms with Crippen LogP contribution in [0.3, 0.4) is 0 Å². The zero-order valence-electron chi connectivity index (χ0n) is 8.64. The minimum Gasteiger partial charge on any atom is -0.326 e. The maximum absolute atomic E-state index is 12.8. The smallest absolute Gasteiger partial charge is 0.326 e. The van der Waals surface area contributed by atoms with Crippen LogP contribution in [0.4, 0.5) is 17.6 Å². The van der Waals surface area contributed by atoms with E-state index in [0.29, 0.717) is 4.90 Å². The highest BCUT2D eigenvalue weighted by Crippen LogP contribution is 2.25. The summed E-state index contributed by atoms with van der Waals surface area (Å²) in [5.74, 6) is -7.46. The van der Waals surface area contributed by atoms with E-state index in [1.807, 2.05) is 0 Å². The molecule has 0 aromatic carbocycles. The second-order valence-corrected chi connectivity index (χ2v) is 3.63. The normalized spacial score (nSPS) is 11.4. The monoisotopic (exact) mass is 319 g/mol. The molecule has 8 heteroatoms. The summed E-state index contributed by atoms with van der Waals surface area (Å²) in [5.41, 5.74) is 0. The Balaban J connectivity index is 4.87. The first-order chi connectivity index (χ1) is 7.77. The minimum absolute atomic E-state index is 0.159. The first-order valence-electron chi connectivity index (χ1n) is 4.41. The van der Waals surface area contributed by atoms with E-state index in [0.717, 1.165) is 6.08 Å². The zero-order valence-corrected chi connectivity index (χ0v) is 10.2. The fourth-order valence-electron chi connectivity index (χ4n) is 0.934. The van der Waals surface area contributed by atoms with Gasteiger partial charge in [-0.3, -0.25) is 9.59 Å². The number of carbonyl (C=O) groups is 2. The Morgan fingerprint density at radius 3 is 2.29 bits per heavy atom. The van der Waals surface area contributed by atoms with Crippen LogP contribution in [0.15, 0.2) is 12.7 Å².